The summed E-state index contributed by atoms with van der Waals surface area (Å²) in [4.78, 5) is 0. The van der Waals surface area contributed by atoms with Crippen molar-refractivity contribution in [3.05, 3.63) is 54.6 Å². The lowest BCUT2D eigenvalue weighted by Gasteiger charge is -2.39. The van der Waals surface area contributed by atoms with Gasteiger partial charge in [0, 0.05) is 6.07 Å². The number of hydrogen-bond acceptors (Lipinski definition) is 7. The molecule has 0 aliphatic carbocycles. The molecule has 4 N–H and O–H groups in total. The summed E-state index contributed by atoms with van der Waals surface area (Å²) < 4.78 is 16.6. The van der Waals surface area contributed by atoms with Crippen molar-refractivity contribution in [3.63, 3.8) is 0 Å². The molecule has 5 unspecified atom stereocenters. The number of benzene rings is 2. The van der Waals surface area contributed by atoms with Gasteiger partial charge in [0.1, 0.15) is 41.7 Å². The standard InChI is InChI=1S/C18H20O7/c19-10-14-15(20)16(21)17(22)18(25-14)24-13-8-4-7-12(9-13)23-11-5-2-1-3-6-11/h1-9,14-22H,10H2. The van der Waals surface area contributed by atoms with Crippen molar-refractivity contribution in [3.8, 4) is 17.2 Å². The Labute approximate surface area is 144 Å². The van der Waals surface area contributed by atoms with E-state index in [0.717, 1.165) is 0 Å². The molecule has 1 fully saturated rings. The van der Waals surface area contributed by atoms with Crippen LogP contribution in [-0.2, 0) is 4.74 Å². The molecular weight excluding hydrogens is 328 g/mol. The van der Waals surface area contributed by atoms with Gasteiger partial charge in [0.25, 0.3) is 0 Å². The highest BCUT2D eigenvalue weighted by atomic mass is 16.7. The summed E-state index contributed by atoms with van der Waals surface area (Å²) in [6.45, 7) is -0.512. The predicted octanol–water partition coefficient (Wildman–Crippen LogP) is 0.658. The molecule has 3 rings (SSSR count). The Balaban J connectivity index is 1.71. The molecule has 0 amide bonds. The van der Waals surface area contributed by atoms with Crippen LogP contribution in [-0.4, -0.2) is 57.7 Å². The van der Waals surface area contributed by atoms with Crippen LogP contribution in [0.4, 0.5) is 0 Å². The minimum Gasteiger partial charge on any atom is -0.462 e. The maximum Gasteiger partial charge on any atom is 0.229 e. The summed E-state index contributed by atoms with van der Waals surface area (Å²) in [5.41, 5.74) is 0. The molecule has 0 bridgehead atoms. The summed E-state index contributed by atoms with van der Waals surface area (Å²) in [6, 6.07) is 15.9. The summed E-state index contributed by atoms with van der Waals surface area (Å²) >= 11 is 0. The summed E-state index contributed by atoms with van der Waals surface area (Å²) in [5, 5.41) is 38.8. The normalized spacial score (nSPS) is 29.2. The summed E-state index contributed by atoms with van der Waals surface area (Å²) in [5.74, 6) is 1.53. The fourth-order valence-corrected chi connectivity index (χ4v) is 2.53. The van der Waals surface area contributed by atoms with Gasteiger partial charge in [0.15, 0.2) is 0 Å². The van der Waals surface area contributed by atoms with Gasteiger partial charge in [-0.05, 0) is 24.3 Å². The Morgan fingerprint density at radius 2 is 1.48 bits per heavy atom. The topological polar surface area (TPSA) is 109 Å². The van der Waals surface area contributed by atoms with Crippen molar-refractivity contribution >= 4 is 0 Å². The zero-order valence-corrected chi connectivity index (χ0v) is 13.3. The Morgan fingerprint density at radius 1 is 0.800 bits per heavy atom. The number of aliphatic hydroxyl groups excluding tert-OH is 4. The minimum absolute atomic E-state index is 0.345. The van der Waals surface area contributed by atoms with Crippen molar-refractivity contribution in [2.45, 2.75) is 30.7 Å². The second kappa shape index (κ2) is 7.81. The zero-order valence-electron chi connectivity index (χ0n) is 13.3. The van der Waals surface area contributed by atoms with Crippen LogP contribution >= 0.6 is 0 Å². The Bertz CT molecular complexity index is 676. The molecule has 0 aromatic heterocycles. The average molecular weight is 348 g/mol. The van der Waals surface area contributed by atoms with Gasteiger partial charge in [0.05, 0.1) is 6.61 Å². The molecular formula is C18H20O7. The molecule has 25 heavy (non-hydrogen) atoms. The molecule has 7 nitrogen and oxygen atoms in total. The lowest BCUT2D eigenvalue weighted by atomic mass is 9.99. The molecule has 1 saturated heterocycles. The highest BCUT2D eigenvalue weighted by Gasteiger charge is 2.44. The van der Waals surface area contributed by atoms with E-state index in [0.29, 0.717) is 17.2 Å². The molecule has 5 atom stereocenters. The van der Waals surface area contributed by atoms with Crippen molar-refractivity contribution in [1.82, 2.24) is 0 Å². The molecule has 134 valence electrons. The minimum atomic E-state index is -1.49. The van der Waals surface area contributed by atoms with Crippen LogP contribution in [0.2, 0.25) is 0 Å². The molecule has 0 radical (unpaired) electrons. The van der Waals surface area contributed by atoms with E-state index in [1.807, 2.05) is 30.3 Å². The summed E-state index contributed by atoms with van der Waals surface area (Å²) in [6.07, 6.45) is -6.63. The fourth-order valence-electron chi connectivity index (χ4n) is 2.53. The van der Waals surface area contributed by atoms with Crippen LogP contribution in [0.25, 0.3) is 0 Å². The van der Waals surface area contributed by atoms with E-state index in [1.165, 1.54) is 0 Å². The molecule has 1 aliphatic heterocycles. The Kier molecular flexibility index (Phi) is 5.52. The maximum absolute atomic E-state index is 10.0. The average Bonchev–Trinajstić information content (AvgIpc) is 2.63. The van der Waals surface area contributed by atoms with Crippen LogP contribution < -0.4 is 9.47 Å². The van der Waals surface area contributed by atoms with E-state index in [1.54, 1.807) is 24.3 Å². The van der Waals surface area contributed by atoms with Gasteiger partial charge in [-0.15, -0.1) is 0 Å². The molecule has 1 aliphatic rings. The summed E-state index contributed by atoms with van der Waals surface area (Å²) in [7, 11) is 0. The lowest BCUT2D eigenvalue weighted by Crippen LogP contribution is -2.60. The number of aliphatic hydroxyl groups is 4. The van der Waals surface area contributed by atoms with Crippen LogP contribution in [0, 0.1) is 0 Å². The molecule has 2 aromatic rings. The third-order valence-electron chi connectivity index (χ3n) is 3.89. The van der Waals surface area contributed by atoms with E-state index in [2.05, 4.69) is 0 Å². The number of ether oxygens (including phenoxy) is 3. The molecule has 1 heterocycles. The van der Waals surface area contributed by atoms with E-state index in [4.69, 9.17) is 14.2 Å². The monoisotopic (exact) mass is 348 g/mol. The van der Waals surface area contributed by atoms with E-state index in [-0.39, 0.29) is 0 Å². The highest BCUT2D eigenvalue weighted by Crippen LogP contribution is 2.28. The van der Waals surface area contributed by atoms with Crippen LogP contribution in [0.5, 0.6) is 17.2 Å². The van der Waals surface area contributed by atoms with E-state index < -0.39 is 37.3 Å². The molecule has 2 aromatic carbocycles. The zero-order chi connectivity index (χ0) is 17.8. The number of para-hydroxylation sites is 1. The first-order valence-corrected chi connectivity index (χ1v) is 7.88. The Morgan fingerprint density at radius 3 is 2.20 bits per heavy atom. The third kappa shape index (κ3) is 4.09. The van der Waals surface area contributed by atoms with Gasteiger partial charge in [0.2, 0.25) is 6.29 Å². The SMILES string of the molecule is OCC1OC(Oc2cccc(Oc3ccccc3)c2)C(O)C(O)C1O. The van der Waals surface area contributed by atoms with Crippen LogP contribution in [0.1, 0.15) is 0 Å². The van der Waals surface area contributed by atoms with Crippen LogP contribution in [0.15, 0.2) is 54.6 Å². The van der Waals surface area contributed by atoms with Crippen molar-refractivity contribution in [2.75, 3.05) is 6.61 Å². The van der Waals surface area contributed by atoms with Gasteiger partial charge in [-0.3, -0.25) is 0 Å². The van der Waals surface area contributed by atoms with Gasteiger partial charge >= 0.3 is 0 Å². The fraction of sp³-hybridized carbons (Fsp3) is 0.333. The van der Waals surface area contributed by atoms with Crippen LogP contribution in [0.3, 0.4) is 0 Å². The maximum atomic E-state index is 10.0. The highest BCUT2D eigenvalue weighted by molar-refractivity contribution is 5.36. The first-order valence-electron chi connectivity index (χ1n) is 7.88. The molecule has 7 heteroatoms. The van der Waals surface area contributed by atoms with Crippen molar-refractivity contribution in [1.29, 1.82) is 0 Å². The lowest BCUT2D eigenvalue weighted by molar-refractivity contribution is -0.277. The van der Waals surface area contributed by atoms with Crippen molar-refractivity contribution in [2.24, 2.45) is 0 Å². The smallest absolute Gasteiger partial charge is 0.229 e. The van der Waals surface area contributed by atoms with E-state index in [9.17, 15) is 20.4 Å². The second-order valence-corrected chi connectivity index (χ2v) is 5.71. The number of rotatable bonds is 5. The van der Waals surface area contributed by atoms with Gasteiger partial charge in [-0.25, -0.2) is 0 Å². The Hall–Kier alpha value is -2.16. The van der Waals surface area contributed by atoms with Gasteiger partial charge in [-0.2, -0.15) is 0 Å². The van der Waals surface area contributed by atoms with Gasteiger partial charge < -0.3 is 34.6 Å². The molecule has 0 spiro atoms. The molecule has 0 saturated carbocycles. The third-order valence-corrected chi connectivity index (χ3v) is 3.89. The largest absolute Gasteiger partial charge is 0.462 e. The first kappa shape index (κ1) is 17.7. The first-order chi connectivity index (χ1) is 12.1. The second-order valence-electron chi connectivity index (χ2n) is 5.71. The predicted molar refractivity (Wildman–Crippen MR) is 87.4 cm³/mol. The van der Waals surface area contributed by atoms with Gasteiger partial charge in [-0.1, -0.05) is 24.3 Å². The van der Waals surface area contributed by atoms with E-state index >= 15 is 0 Å². The quantitative estimate of drug-likeness (QED) is 0.628. The van der Waals surface area contributed by atoms with Crippen molar-refractivity contribution < 1.29 is 34.6 Å². The number of hydrogen-bond donors (Lipinski definition) is 4.